The number of halogens is 1. The van der Waals surface area contributed by atoms with Gasteiger partial charge in [0.25, 0.3) is 0 Å². The van der Waals surface area contributed by atoms with Gasteiger partial charge >= 0.3 is 5.97 Å². The summed E-state index contributed by atoms with van der Waals surface area (Å²) >= 11 is 3.13. The molecule has 0 amide bonds. The van der Waals surface area contributed by atoms with Gasteiger partial charge in [-0.3, -0.25) is 0 Å². The maximum absolute atomic E-state index is 10.8. The number of aromatic carboxylic acids is 1. The molecule has 0 spiro atoms. The molecular formula is C11H10BrNO3. The van der Waals surface area contributed by atoms with Crippen LogP contribution in [0.1, 0.15) is 23.7 Å². The Labute approximate surface area is 102 Å². The zero-order chi connectivity index (χ0) is 12.1. The Bertz CT molecular complexity index is 439. The first-order chi connectivity index (χ1) is 7.58. The van der Waals surface area contributed by atoms with Crippen LogP contribution in [0.3, 0.4) is 0 Å². The molecule has 1 aromatic rings. The Morgan fingerprint density at radius 3 is 2.88 bits per heavy atom. The van der Waals surface area contributed by atoms with Gasteiger partial charge in [0.05, 0.1) is 5.56 Å². The third kappa shape index (κ3) is 2.97. The average molecular weight is 284 g/mol. The molecule has 0 aliphatic heterocycles. The topological polar surface area (TPSA) is 70.3 Å². The van der Waals surface area contributed by atoms with Crippen molar-refractivity contribution in [2.24, 2.45) is 0 Å². The van der Waals surface area contributed by atoms with Crippen molar-refractivity contribution in [2.75, 3.05) is 0 Å². The predicted octanol–water partition coefficient (Wildman–Crippen LogP) is 2.83. The summed E-state index contributed by atoms with van der Waals surface area (Å²) in [5, 5.41) is 17.6. The van der Waals surface area contributed by atoms with Crippen molar-refractivity contribution in [2.45, 2.75) is 19.4 Å². The lowest BCUT2D eigenvalue weighted by molar-refractivity contribution is 0.0695. The fourth-order valence-corrected chi connectivity index (χ4v) is 1.52. The minimum atomic E-state index is -1.04. The highest BCUT2D eigenvalue weighted by atomic mass is 79.9. The summed E-state index contributed by atoms with van der Waals surface area (Å²) in [6.07, 6.45) is -0.00238. The number of hydrogen-bond donors (Lipinski definition) is 1. The van der Waals surface area contributed by atoms with Crippen LogP contribution in [-0.4, -0.2) is 17.2 Å². The van der Waals surface area contributed by atoms with Gasteiger partial charge in [-0.15, -0.1) is 0 Å². The molecule has 1 aromatic carbocycles. The molecule has 0 saturated carbocycles. The van der Waals surface area contributed by atoms with E-state index >= 15 is 0 Å². The van der Waals surface area contributed by atoms with E-state index in [4.69, 9.17) is 15.1 Å². The highest BCUT2D eigenvalue weighted by Crippen LogP contribution is 2.23. The lowest BCUT2D eigenvalue weighted by Gasteiger charge is -2.11. The van der Waals surface area contributed by atoms with Gasteiger partial charge in [0.15, 0.2) is 6.10 Å². The molecule has 0 radical (unpaired) electrons. The molecule has 0 aliphatic carbocycles. The number of carboxylic acids is 1. The third-order valence-electron chi connectivity index (χ3n) is 1.96. The molecule has 1 rings (SSSR count). The molecule has 0 heterocycles. The van der Waals surface area contributed by atoms with Gasteiger partial charge in [-0.05, 0) is 40.5 Å². The van der Waals surface area contributed by atoms with Crippen molar-refractivity contribution >= 4 is 21.9 Å². The Hall–Kier alpha value is -1.54. The predicted molar refractivity (Wildman–Crippen MR) is 61.4 cm³/mol. The minimum Gasteiger partial charge on any atom is -0.478 e. The van der Waals surface area contributed by atoms with Crippen molar-refractivity contribution in [3.8, 4) is 11.8 Å². The first-order valence-corrected chi connectivity index (χ1v) is 5.47. The summed E-state index contributed by atoms with van der Waals surface area (Å²) in [4.78, 5) is 10.8. The Morgan fingerprint density at radius 2 is 2.38 bits per heavy atom. The van der Waals surface area contributed by atoms with Gasteiger partial charge in [0.1, 0.15) is 11.8 Å². The first kappa shape index (κ1) is 12.5. The van der Waals surface area contributed by atoms with Gasteiger partial charge in [0, 0.05) is 4.47 Å². The summed E-state index contributed by atoms with van der Waals surface area (Å²) in [6.45, 7) is 1.82. The van der Waals surface area contributed by atoms with Crippen LogP contribution in [0.25, 0.3) is 0 Å². The Morgan fingerprint density at radius 1 is 1.69 bits per heavy atom. The van der Waals surface area contributed by atoms with Crippen molar-refractivity contribution in [3.63, 3.8) is 0 Å². The standard InChI is InChI=1S/C11H10BrNO3/c1-2-7(6-13)16-8-3-4-10(12)9(5-8)11(14)15/h3-5,7H,2H2,1H3,(H,14,15). The van der Waals surface area contributed by atoms with E-state index in [-0.39, 0.29) is 5.56 Å². The fourth-order valence-electron chi connectivity index (χ4n) is 1.11. The van der Waals surface area contributed by atoms with E-state index in [0.717, 1.165) is 0 Å². The molecule has 0 aromatic heterocycles. The zero-order valence-corrected chi connectivity index (χ0v) is 10.2. The molecule has 4 nitrogen and oxygen atoms in total. The molecule has 0 bridgehead atoms. The Kier molecular flexibility index (Phi) is 4.32. The number of nitriles is 1. The van der Waals surface area contributed by atoms with E-state index in [1.807, 2.05) is 13.0 Å². The molecule has 1 N–H and O–H groups in total. The van der Waals surface area contributed by atoms with E-state index < -0.39 is 12.1 Å². The maximum atomic E-state index is 10.8. The highest BCUT2D eigenvalue weighted by Gasteiger charge is 2.12. The molecule has 1 unspecified atom stereocenters. The quantitative estimate of drug-likeness (QED) is 0.922. The maximum Gasteiger partial charge on any atom is 0.336 e. The number of benzene rings is 1. The number of carboxylic acid groups (broad SMARTS) is 1. The summed E-state index contributed by atoms with van der Waals surface area (Å²) < 4.78 is 5.80. The van der Waals surface area contributed by atoms with E-state index in [9.17, 15) is 4.79 Å². The van der Waals surface area contributed by atoms with Crippen molar-refractivity contribution in [1.29, 1.82) is 5.26 Å². The van der Waals surface area contributed by atoms with Crippen LogP contribution in [-0.2, 0) is 0 Å². The van der Waals surface area contributed by atoms with E-state index in [1.54, 1.807) is 12.1 Å². The number of nitrogens with zero attached hydrogens (tertiary/aromatic N) is 1. The van der Waals surface area contributed by atoms with E-state index in [0.29, 0.717) is 16.6 Å². The molecule has 0 fully saturated rings. The second-order valence-corrected chi connectivity index (χ2v) is 3.94. The van der Waals surface area contributed by atoms with Gasteiger partial charge < -0.3 is 9.84 Å². The summed E-state index contributed by atoms with van der Waals surface area (Å²) in [5.41, 5.74) is 0.116. The number of carbonyl (C=O) groups is 1. The molecule has 0 saturated heterocycles. The van der Waals surface area contributed by atoms with Crippen LogP contribution >= 0.6 is 15.9 Å². The molecule has 0 aliphatic rings. The normalized spacial score (nSPS) is 11.6. The van der Waals surface area contributed by atoms with Crippen molar-refractivity contribution < 1.29 is 14.6 Å². The van der Waals surface area contributed by atoms with Gasteiger partial charge in [-0.25, -0.2) is 4.79 Å². The second-order valence-electron chi connectivity index (χ2n) is 3.09. The number of rotatable bonds is 4. The minimum absolute atomic E-state index is 0.116. The van der Waals surface area contributed by atoms with Crippen LogP contribution < -0.4 is 4.74 Å². The third-order valence-corrected chi connectivity index (χ3v) is 2.65. The van der Waals surface area contributed by atoms with E-state index in [2.05, 4.69) is 15.9 Å². The first-order valence-electron chi connectivity index (χ1n) is 4.67. The van der Waals surface area contributed by atoms with Crippen molar-refractivity contribution in [1.82, 2.24) is 0 Å². The van der Waals surface area contributed by atoms with Gasteiger partial charge in [-0.2, -0.15) is 5.26 Å². The highest BCUT2D eigenvalue weighted by molar-refractivity contribution is 9.10. The van der Waals surface area contributed by atoms with Crippen molar-refractivity contribution in [3.05, 3.63) is 28.2 Å². The second kappa shape index (κ2) is 5.52. The molecular weight excluding hydrogens is 274 g/mol. The smallest absolute Gasteiger partial charge is 0.336 e. The zero-order valence-electron chi connectivity index (χ0n) is 8.61. The lowest BCUT2D eigenvalue weighted by Crippen LogP contribution is -2.12. The monoisotopic (exact) mass is 283 g/mol. The summed E-state index contributed by atoms with van der Waals surface area (Å²) in [7, 11) is 0. The summed E-state index contributed by atoms with van der Waals surface area (Å²) in [6, 6.07) is 6.59. The van der Waals surface area contributed by atoms with Crippen LogP contribution in [0, 0.1) is 11.3 Å². The SMILES string of the molecule is CCC(C#N)Oc1ccc(Br)c(C(=O)O)c1. The average Bonchev–Trinajstić information content (AvgIpc) is 2.27. The van der Waals surface area contributed by atoms with Crippen LogP contribution in [0.4, 0.5) is 0 Å². The van der Waals surface area contributed by atoms with Crippen LogP contribution in [0.15, 0.2) is 22.7 Å². The van der Waals surface area contributed by atoms with E-state index in [1.165, 1.54) is 6.07 Å². The largest absolute Gasteiger partial charge is 0.478 e. The summed E-state index contributed by atoms with van der Waals surface area (Å²) in [5.74, 6) is -0.656. The lowest BCUT2D eigenvalue weighted by atomic mass is 10.2. The van der Waals surface area contributed by atoms with Gasteiger partial charge in [0.2, 0.25) is 0 Å². The van der Waals surface area contributed by atoms with Crippen LogP contribution in [0.2, 0.25) is 0 Å². The number of hydrogen-bond acceptors (Lipinski definition) is 3. The van der Waals surface area contributed by atoms with Crippen LogP contribution in [0.5, 0.6) is 5.75 Å². The molecule has 1 atom stereocenters. The molecule has 5 heteroatoms. The van der Waals surface area contributed by atoms with Gasteiger partial charge in [-0.1, -0.05) is 6.92 Å². The number of ether oxygens (including phenoxy) is 1. The Balaban J connectivity index is 2.96. The molecule has 16 heavy (non-hydrogen) atoms. The fraction of sp³-hybridized carbons (Fsp3) is 0.273. The molecule has 84 valence electrons.